The largest absolute Gasteiger partial charge is 0.508 e. The molecule has 0 radical (unpaired) electrons. The van der Waals surface area contributed by atoms with Gasteiger partial charge in [-0.25, -0.2) is 0 Å². The van der Waals surface area contributed by atoms with Crippen LogP contribution in [0.2, 0.25) is 0 Å². The number of hydrogen-bond acceptors (Lipinski definition) is 4. The zero-order valence-corrected chi connectivity index (χ0v) is 29.9. The summed E-state index contributed by atoms with van der Waals surface area (Å²) in [5.41, 5.74) is 5.70. The van der Waals surface area contributed by atoms with Gasteiger partial charge in [0.05, 0.1) is 6.42 Å². The lowest BCUT2D eigenvalue weighted by atomic mass is 9.85. The van der Waals surface area contributed by atoms with Gasteiger partial charge in [0, 0.05) is 36.2 Å². The Bertz CT molecular complexity index is 1680. The fraction of sp³-hybridized carbons (Fsp3) is 0.381. The van der Waals surface area contributed by atoms with Crippen LogP contribution in [0.1, 0.15) is 65.6 Å². The molecule has 4 aromatic rings. The molecule has 0 bridgehead atoms. The Morgan fingerprint density at radius 3 is 2.18 bits per heavy atom. The summed E-state index contributed by atoms with van der Waals surface area (Å²) < 4.78 is 0.982. The molecule has 0 aromatic heterocycles. The van der Waals surface area contributed by atoms with Gasteiger partial charge in [0.15, 0.2) is 0 Å². The van der Waals surface area contributed by atoms with E-state index >= 15 is 0 Å². The highest BCUT2D eigenvalue weighted by Crippen LogP contribution is 2.30. The van der Waals surface area contributed by atoms with Gasteiger partial charge in [0.2, 0.25) is 5.91 Å². The molecule has 6 rings (SSSR count). The average Bonchev–Trinajstić information content (AvgIpc) is 3.14. The standard InChI is InChI=1S/C42H48BrN3O3/c43-37-14-10-34(11-15-37)29-41(48)46(27-22-31-12-16-38(47)17-13-31)30-35-4-3-5-36(28-35)39-6-1-2-7-40(39)42(49)45-25-20-33(21-26-45)9-8-32-18-23-44-24-19-32/h1-7,10-17,28,32-33,44,47H,8-9,18-27,29-30H2. The fourth-order valence-electron chi connectivity index (χ4n) is 7.32. The highest BCUT2D eigenvalue weighted by atomic mass is 79.9. The maximum absolute atomic E-state index is 13.9. The fourth-order valence-corrected chi connectivity index (χ4v) is 7.59. The van der Waals surface area contributed by atoms with Gasteiger partial charge in [-0.05, 0) is 121 Å². The number of phenolic OH excluding ortho intramolecular Hbond substituents is 1. The van der Waals surface area contributed by atoms with Gasteiger partial charge >= 0.3 is 0 Å². The first kappa shape index (κ1) is 34.9. The van der Waals surface area contributed by atoms with Crippen LogP contribution in [0.25, 0.3) is 11.1 Å². The Morgan fingerprint density at radius 1 is 0.776 bits per heavy atom. The third kappa shape index (κ3) is 9.83. The van der Waals surface area contributed by atoms with E-state index in [2.05, 4.69) is 44.3 Å². The van der Waals surface area contributed by atoms with Crippen LogP contribution in [0.15, 0.2) is 102 Å². The molecule has 2 aliphatic heterocycles. The normalized spacial score (nSPS) is 15.7. The number of rotatable bonds is 12. The van der Waals surface area contributed by atoms with Crippen molar-refractivity contribution in [2.75, 3.05) is 32.7 Å². The van der Waals surface area contributed by atoms with Gasteiger partial charge in [0.1, 0.15) is 5.75 Å². The Hall–Kier alpha value is -3.94. The quantitative estimate of drug-likeness (QED) is 0.155. The number of halogens is 1. The van der Waals surface area contributed by atoms with Crippen molar-refractivity contribution in [3.8, 4) is 16.9 Å². The lowest BCUT2D eigenvalue weighted by molar-refractivity contribution is -0.131. The predicted molar refractivity (Wildman–Crippen MR) is 200 cm³/mol. The van der Waals surface area contributed by atoms with Crippen LogP contribution < -0.4 is 5.32 Å². The Balaban J connectivity index is 1.13. The Kier molecular flexibility index (Phi) is 12.2. The van der Waals surface area contributed by atoms with Gasteiger partial charge < -0.3 is 20.2 Å². The van der Waals surface area contributed by atoms with Gasteiger partial charge in [-0.3, -0.25) is 9.59 Å². The van der Waals surface area contributed by atoms with Crippen molar-refractivity contribution < 1.29 is 14.7 Å². The maximum atomic E-state index is 13.9. The lowest BCUT2D eigenvalue weighted by Crippen LogP contribution is -2.38. The molecular formula is C42H48BrN3O3. The summed E-state index contributed by atoms with van der Waals surface area (Å²) in [4.78, 5) is 31.6. The van der Waals surface area contributed by atoms with Crippen LogP contribution in [0, 0.1) is 11.8 Å². The van der Waals surface area contributed by atoms with Crippen molar-refractivity contribution in [1.82, 2.24) is 15.1 Å². The highest BCUT2D eigenvalue weighted by molar-refractivity contribution is 9.10. The molecule has 6 nitrogen and oxygen atoms in total. The van der Waals surface area contributed by atoms with Crippen LogP contribution in [0.5, 0.6) is 5.75 Å². The van der Waals surface area contributed by atoms with Crippen LogP contribution in [-0.4, -0.2) is 59.4 Å². The summed E-state index contributed by atoms with van der Waals surface area (Å²) in [6.07, 6.45) is 8.38. The van der Waals surface area contributed by atoms with Crippen molar-refractivity contribution in [2.24, 2.45) is 11.8 Å². The molecule has 0 unspecified atom stereocenters. The van der Waals surface area contributed by atoms with Crippen molar-refractivity contribution in [3.63, 3.8) is 0 Å². The van der Waals surface area contributed by atoms with Crippen molar-refractivity contribution in [3.05, 3.63) is 124 Å². The minimum Gasteiger partial charge on any atom is -0.508 e. The summed E-state index contributed by atoms with van der Waals surface area (Å²) in [5, 5.41) is 13.2. The number of likely N-dealkylation sites (tertiary alicyclic amines) is 1. The zero-order valence-electron chi connectivity index (χ0n) is 28.3. The van der Waals surface area contributed by atoms with Crippen LogP contribution in [0.4, 0.5) is 0 Å². The van der Waals surface area contributed by atoms with Crippen molar-refractivity contribution >= 4 is 27.7 Å². The number of benzene rings is 4. The summed E-state index contributed by atoms with van der Waals surface area (Å²) in [6, 6.07) is 31.3. The second-order valence-electron chi connectivity index (χ2n) is 13.8. The molecule has 4 aromatic carbocycles. The van der Waals surface area contributed by atoms with E-state index in [0.717, 1.165) is 82.8 Å². The third-order valence-corrected chi connectivity index (χ3v) is 10.9. The Morgan fingerprint density at radius 2 is 1.45 bits per heavy atom. The molecule has 0 saturated carbocycles. The molecule has 7 heteroatoms. The van der Waals surface area contributed by atoms with Crippen LogP contribution >= 0.6 is 15.9 Å². The van der Waals surface area contributed by atoms with Crippen molar-refractivity contribution in [1.29, 1.82) is 0 Å². The van der Waals surface area contributed by atoms with E-state index in [9.17, 15) is 14.7 Å². The van der Waals surface area contributed by atoms with E-state index in [1.54, 1.807) is 12.1 Å². The van der Waals surface area contributed by atoms with Crippen LogP contribution in [0.3, 0.4) is 0 Å². The highest BCUT2D eigenvalue weighted by Gasteiger charge is 2.26. The number of amides is 2. The predicted octanol–water partition coefficient (Wildman–Crippen LogP) is 8.27. The number of nitrogens with one attached hydrogen (secondary N) is 1. The summed E-state index contributed by atoms with van der Waals surface area (Å²) >= 11 is 3.48. The number of carbonyl (C=O) groups is 2. The molecule has 2 saturated heterocycles. The number of aromatic hydroxyl groups is 1. The SMILES string of the molecule is O=C(Cc1ccc(Br)cc1)N(CCc1ccc(O)cc1)Cc1cccc(-c2ccccc2C(=O)N2CCC(CCC3CCNCC3)CC2)c1. The molecule has 2 aliphatic rings. The second-order valence-corrected chi connectivity index (χ2v) is 14.7. The first-order valence-electron chi connectivity index (χ1n) is 17.9. The summed E-state index contributed by atoms with van der Waals surface area (Å²) in [7, 11) is 0. The minimum atomic E-state index is 0.0567. The molecular weight excluding hydrogens is 674 g/mol. The van der Waals surface area contributed by atoms with Gasteiger partial charge in [0.25, 0.3) is 5.91 Å². The van der Waals surface area contributed by atoms with Gasteiger partial charge in [-0.2, -0.15) is 0 Å². The van der Waals surface area contributed by atoms with E-state index in [1.807, 2.05) is 71.6 Å². The Labute approximate surface area is 299 Å². The molecule has 2 fully saturated rings. The second kappa shape index (κ2) is 17.1. The van der Waals surface area contributed by atoms with E-state index < -0.39 is 0 Å². The first-order chi connectivity index (χ1) is 23.9. The van der Waals surface area contributed by atoms with Gasteiger partial charge in [-0.15, -0.1) is 0 Å². The van der Waals surface area contributed by atoms with E-state index in [4.69, 9.17) is 0 Å². The van der Waals surface area contributed by atoms with Gasteiger partial charge in [-0.1, -0.05) is 89.4 Å². The van der Waals surface area contributed by atoms with E-state index in [0.29, 0.717) is 31.8 Å². The first-order valence-corrected chi connectivity index (χ1v) is 18.7. The molecule has 2 N–H and O–H groups in total. The minimum absolute atomic E-state index is 0.0567. The van der Waals surface area contributed by atoms with E-state index in [1.165, 1.54) is 25.7 Å². The number of carbonyl (C=O) groups excluding carboxylic acids is 2. The third-order valence-electron chi connectivity index (χ3n) is 10.3. The smallest absolute Gasteiger partial charge is 0.254 e. The molecule has 2 amide bonds. The molecule has 49 heavy (non-hydrogen) atoms. The topological polar surface area (TPSA) is 72.9 Å². The number of nitrogens with zero attached hydrogens (tertiary/aromatic N) is 2. The number of piperidine rings is 2. The average molecular weight is 723 g/mol. The van der Waals surface area contributed by atoms with Crippen molar-refractivity contribution in [2.45, 2.75) is 57.9 Å². The molecule has 256 valence electrons. The molecule has 0 atom stereocenters. The number of phenols is 1. The maximum Gasteiger partial charge on any atom is 0.254 e. The molecule has 0 aliphatic carbocycles. The summed E-state index contributed by atoms with van der Waals surface area (Å²) in [6.45, 7) is 4.96. The van der Waals surface area contributed by atoms with E-state index in [-0.39, 0.29) is 17.6 Å². The number of hydrogen-bond donors (Lipinski definition) is 2. The van der Waals surface area contributed by atoms with Crippen LogP contribution in [-0.2, 0) is 24.2 Å². The summed E-state index contributed by atoms with van der Waals surface area (Å²) in [5.74, 6) is 1.98. The lowest BCUT2D eigenvalue weighted by Gasteiger charge is -2.33. The zero-order chi connectivity index (χ0) is 34.0. The molecule has 2 heterocycles. The molecule has 0 spiro atoms. The monoisotopic (exact) mass is 721 g/mol.